The molecule has 0 aliphatic carbocycles. The molecule has 5 nitrogen and oxygen atoms in total. The van der Waals surface area contributed by atoms with E-state index in [1.54, 1.807) is 12.0 Å². The number of amides is 2. The van der Waals surface area contributed by atoms with E-state index in [1.165, 1.54) is 0 Å². The normalized spacial score (nSPS) is 21.9. The highest BCUT2D eigenvalue weighted by Crippen LogP contribution is 2.25. The summed E-state index contributed by atoms with van der Waals surface area (Å²) in [4.78, 5) is 25.7. The van der Waals surface area contributed by atoms with Crippen LogP contribution in [0.1, 0.15) is 25.3 Å². The summed E-state index contributed by atoms with van der Waals surface area (Å²) in [7, 11) is 1.58. The molecule has 0 radical (unpaired) electrons. The first-order valence-electron chi connectivity index (χ1n) is 7.23. The summed E-state index contributed by atoms with van der Waals surface area (Å²) >= 11 is 0. The predicted octanol–water partition coefficient (Wildman–Crippen LogP) is 1.35. The second-order valence-corrected chi connectivity index (χ2v) is 5.62. The predicted molar refractivity (Wildman–Crippen MR) is 79.8 cm³/mol. The molecule has 114 valence electrons. The number of carbonyl (C=O) groups is 2. The Balaban J connectivity index is 2.13. The molecular weight excluding hydrogens is 268 g/mol. The molecule has 1 aliphatic rings. The Morgan fingerprint density at radius 3 is 2.76 bits per heavy atom. The van der Waals surface area contributed by atoms with Crippen molar-refractivity contribution >= 4 is 11.8 Å². The fraction of sp³-hybridized carbons (Fsp3) is 0.500. The fourth-order valence-corrected chi connectivity index (χ4v) is 2.82. The zero-order valence-electron chi connectivity index (χ0n) is 12.5. The van der Waals surface area contributed by atoms with Crippen molar-refractivity contribution in [3.05, 3.63) is 29.8 Å². The molecule has 21 heavy (non-hydrogen) atoms. The van der Waals surface area contributed by atoms with Gasteiger partial charge in [0, 0.05) is 12.1 Å². The van der Waals surface area contributed by atoms with E-state index >= 15 is 0 Å². The minimum absolute atomic E-state index is 0.0739. The van der Waals surface area contributed by atoms with Gasteiger partial charge in [-0.05, 0) is 24.8 Å². The highest BCUT2D eigenvalue weighted by molar-refractivity contribution is 5.88. The third kappa shape index (κ3) is 3.54. The Bertz CT molecular complexity index is 530. The number of hydrogen-bond acceptors (Lipinski definition) is 3. The Labute approximate surface area is 125 Å². The van der Waals surface area contributed by atoms with Crippen LogP contribution < -0.4 is 10.5 Å². The minimum Gasteiger partial charge on any atom is -0.496 e. The quantitative estimate of drug-likeness (QED) is 0.909. The SMILES string of the molecule is COc1ccccc1CC(=O)N1CCC(C)CC1C(N)=O. The maximum atomic E-state index is 12.5. The Morgan fingerprint density at radius 1 is 1.38 bits per heavy atom. The monoisotopic (exact) mass is 290 g/mol. The van der Waals surface area contributed by atoms with Gasteiger partial charge in [-0.1, -0.05) is 25.1 Å². The minimum atomic E-state index is -0.490. The largest absolute Gasteiger partial charge is 0.496 e. The standard InChI is InChI=1S/C16H22N2O3/c1-11-7-8-18(13(9-11)16(17)20)15(19)10-12-5-3-4-6-14(12)21-2/h3-6,11,13H,7-10H2,1-2H3,(H2,17,20). The van der Waals surface area contributed by atoms with Gasteiger partial charge in [0.25, 0.3) is 0 Å². The third-order valence-corrected chi connectivity index (χ3v) is 4.05. The molecule has 2 amide bonds. The van der Waals surface area contributed by atoms with Crippen LogP contribution in [0.2, 0.25) is 0 Å². The number of primary amides is 1. The fourth-order valence-electron chi connectivity index (χ4n) is 2.82. The molecular formula is C16H22N2O3. The number of piperidine rings is 1. The molecule has 0 bridgehead atoms. The lowest BCUT2D eigenvalue weighted by Gasteiger charge is -2.36. The van der Waals surface area contributed by atoms with Crippen molar-refractivity contribution in [2.45, 2.75) is 32.2 Å². The summed E-state index contributed by atoms with van der Waals surface area (Å²) in [6.45, 7) is 2.67. The van der Waals surface area contributed by atoms with Crippen molar-refractivity contribution in [1.29, 1.82) is 0 Å². The van der Waals surface area contributed by atoms with Crippen LogP contribution in [0.15, 0.2) is 24.3 Å². The van der Waals surface area contributed by atoms with E-state index in [9.17, 15) is 9.59 Å². The summed E-state index contributed by atoms with van der Waals surface area (Å²) in [6, 6.07) is 6.93. The third-order valence-electron chi connectivity index (χ3n) is 4.05. The lowest BCUT2D eigenvalue weighted by atomic mass is 9.91. The second-order valence-electron chi connectivity index (χ2n) is 5.62. The smallest absolute Gasteiger partial charge is 0.240 e. The Kier molecular flexibility index (Phi) is 4.83. The molecule has 1 aromatic rings. The number of methoxy groups -OCH3 is 1. The van der Waals surface area contributed by atoms with Gasteiger partial charge < -0.3 is 15.4 Å². The average Bonchev–Trinajstić information content (AvgIpc) is 2.47. The van der Waals surface area contributed by atoms with Gasteiger partial charge >= 0.3 is 0 Å². The van der Waals surface area contributed by atoms with Crippen molar-refractivity contribution in [3.8, 4) is 5.75 Å². The van der Waals surface area contributed by atoms with Crippen molar-refractivity contribution in [2.75, 3.05) is 13.7 Å². The van der Waals surface area contributed by atoms with Crippen LogP contribution in [-0.4, -0.2) is 36.4 Å². The first-order chi connectivity index (χ1) is 10.0. The number of nitrogens with two attached hydrogens (primary N) is 1. The van der Waals surface area contributed by atoms with Crippen LogP contribution in [0.5, 0.6) is 5.75 Å². The van der Waals surface area contributed by atoms with Gasteiger partial charge in [0.15, 0.2) is 0 Å². The summed E-state index contributed by atoms with van der Waals surface area (Å²) in [6.07, 6.45) is 1.77. The summed E-state index contributed by atoms with van der Waals surface area (Å²) < 4.78 is 5.26. The number of nitrogens with zero attached hydrogens (tertiary/aromatic N) is 1. The van der Waals surface area contributed by atoms with E-state index < -0.39 is 11.9 Å². The summed E-state index contributed by atoms with van der Waals surface area (Å²) in [5.41, 5.74) is 6.28. The molecule has 2 unspecified atom stereocenters. The molecule has 0 aromatic heterocycles. The van der Waals surface area contributed by atoms with Crippen molar-refractivity contribution in [2.24, 2.45) is 11.7 Å². The van der Waals surface area contributed by atoms with Crippen LogP contribution in [-0.2, 0) is 16.0 Å². The van der Waals surface area contributed by atoms with Crippen molar-refractivity contribution in [1.82, 2.24) is 4.90 Å². The van der Waals surface area contributed by atoms with Crippen molar-refractivity contribution < 1.29 is 14.3 Å². The molecule has 1 aliphatic heterocycles. The van der Waals surface area contributed by atoms with Gasteiger partial charge in [-0.15, -0.1) is 0 Å². The molecule has 2 rings (SSSR count). The van der Waals surface area contributed by atoms with Gasteiger partial charge in [0.05, 0.1) is 13.5 Å². The van der Waals surface area contributed by atoms with Crippen molar-refractivity contribution in [3.63, 3.8) is 0 Å². The molecule has 0 saturated carbocycles. The second kappa shape index (κ2) is 6.61. The maximum absolute atomic E-state index is 12.5. The van der Waals surface area contributed by atoms with E-state index in [0.29, 0.717) is 24.6 Å². The van der Waals surface area contributed by atoms with Gasteiger partial charge in [-0.2, -0.15) is 0 Å². The first kappa shape index (κ1) is 15.4. The van der Waals surface area contributed by atoms with E-state index in [4.69, 9.17) is 10.5 Å². The number of carbonyl (C=O) groups excluding carboxylic acids is 2. The van der Waals surface area contributed by atoms with E-state index in [0.717, 1.165) is 12.0 Å². The number of ether oxygens (including phenoxy) is 1. The van der Waals surface area contributed by atoms with Crippen LogP contribution in [0, 0.1) is 5.92 Å². The molecule has 1 heterocycles. The molecule has 2 atom stereocenters. The average molecular weight is 290 g/mol. The Morgan fingerprint density at radius 2 is 2.10 bits per heavy atom. The molecule has 1 fully saturated rings. The first-order valence-corrected chi connectivity index (χ1v) is 7.23. The Hall–Kier alpha value is -2.04. The number of rotatable bonds is 4. The van der Waals surface area contributed by atoms with Gasteiger partial charge in [0.1, 0.15) is 11.8 Å². The molecule has 1 aromatic carbocycles. The molecule has 2 N–H and O–H groups in total. The zero-order valence-corrected chi connectivity index (χ0v) is 12.5. The highest BCUT2D eigenvalue weighted by atomic mass is 16.5. The van der Waals surface area contributed by atoms with Crippen LogP contribution in [0.4, 0.5) is 0 Å². The van der Waals surface area contributed by atoms with Gasteiger partial charge in [-0.3, -0.25) is 9.59 Å². The molecule has 1 saturated heterocycles. The lowest BCUT2D eigenvalue weighted by molar-refractivity contribution is -0.141. The number of para-hydroxylation sites is 1. The maximum Gasteiger partial charge on any atom is 0.240 e. The summed E-state index contributed by atoms with van der Waals surface area (Å²) in [5.74, 6) is 0.606. The summed E-state index contributed by atoms with van der Waals surface area (Å²) in [5, 5.41) is 0. The van der Waals surface area contributed by atoms with E-state index in [2.05, 4.69) is 6.92 Å². The molecule has 5 heteroatoms. The highest BCUT2D eigenvalue weighted by Gasteiger charge is 2.33. The van der Waals surface area contributed by atoms with E-state index in [-0.39, 0.29) is 12.3 Å². The topological polar surface area (TPSA) is 72.6 Å². The van der Waals surface area contributed by atoms with Crippen LogP contribution in [0.3, 0.4) is 0 Å². The number of hydrogen-bond donors (Lipinski definition) is 1. The van der Waals surface area contributed by atoms with Crippen LogP contribution >= 0.6 is 0 Å². The molecule has 0 spiro atoms. The number of likely N-dealkylation sites (tertiary alicyclic amines) is 1. The van der Waals surface area contributed by atoms with Gasteiger partial charge in [-0.25, -0.2) is 0 Å². The lowest BCUT2D eigenvalue weighted by Crippen LogP contribution is -2.52. The number of benzene rings is 1. The zero-order chi connectivity index (χ0) is 15.4. The van der Waals surface area contributed by atoms with Crippen LogP contribution in [0.25, 0.3) is 0 Å². The van der Waals surface area contributed by atoms with E-state index in [1.807, 2.05) is 24.3 Å². The van der Waals surface area contributed by atoms with Gasteiger partial charge in [0.2, 0.25) is 11.8 Å².